The Morgan fingerprint density at radius 2 is 2.12 bits per heavy atom. The van der Waals surface area contributed by atoms with Gasteiger partial charge < -0.3 is 4.74 Å². The Bertz CT molecular complexity index is 793. The summed E-state index contributed by atoms with van der Waals surface area (Å²) in [7, 11) is 0. The van der Waals surface area contributed by atoms with E-state index in [9.17, 15) is 0 Å². The van der Waals surface area contributed by atoms with Crippen molar-refractivity contribution in [2.24, 2.45) is 5.92 Å². The second kappa shape index (κ2) is 7.53. The molecule has 0 saturated heterocycles. The Morgan fingerprint density at radius 1 is 1.25 bits per heavy atom. The van der Waals surface area contributed by atoms with E-state index in [4.69, 9.17) is 14.8 Å². The quantitative estimate of drug-likeness (QED) is 0.643. The smallest absolute Gasteiger partial charge is 0.160 e. The van der Waals surface area contributed by atoms with Crippen LogP contribution in [0.15, 0.2) is 18.2 Å². The van der Waals surface area contributed by atoms with Crippen molar-refractivity contribution in [3.8, 4) is 11.4 Å². The van der Waals surface area contributed by atoms with Crippen LogP contribution in [0.1, 0.15) is 33.0 Å². The zero-order valence-corrected chi connectivity index (χ0v) is 14.5. The number of aromatic amines is 1. The predicted molar refractivity (Wildman–Crippen MR) is 92.6 cm³/mol. The average Bonchev–Trinajstić information content (AvgIpc) is 3.21. The van der Waals surface area contributed by atoms with Gasteiger partial charge in [0.15, 0.2) is 11.6 Å². The second-order valence-electron chi connectivity index (χ2n) is 5.99. The van der Waals surface area contributed by atoms with E-state index in [-0.39, 0.29) is 0 Å². The highest BCUT2D eigenvalue weighted by molar-refractivity contribution is 5.89. The lowest BCUT2D eigenvalue weighted by Gasteiger charge is -2.06. The van der Waals surface area contributed by atoms with Crippen LogP contribution < -0.4 is 0 Å². The summed E-state index contributed by atoms with van der Waals surface area (Å²) in [6.45, 7) is 8.39. The number of nitrogens with zero attached hydrogens (tertiary/aromatic N) is 5. The number of hydrogen-bond acceptors (Lipinski definition) is 5. The van der Waals surface area contributed by atoms with Gasteiger partial charge in [-0.25, -0.2) is 9.67 Å². The lowest BCUT2D eigenvalue weighted by molar-refractivity contribution is 0.136. The molecule has 2 aromatic heterocycles. The third-order valence-corrected chi connectivity index (χ3v) is 4.18. The van der Waals surface area contributed by atoms with E-state index >= 15 is 0 Å². The normalized spacial score (nSPS) is 12.8. The molecule has 3 rings (SSSR count). The van der Waals surface area contributed by atoms with Gasteiger partial charge in [-0.15, -0.1) is 0 Å². The molecule has 2 heterocycles. The Labute approximate surface area is 141 Å². The number of fused-ring (bicyclic) bond motifs is 1. The fourth-order valence-electron chi connectivity index (χ4n) is 2.63. The highest BCUT2D eigenvalue weighted by atomic mass is 16.5. The summed E-state index contributed by atoms with van der Waals surface area (Å²) in [6, 6.07) is 5.92. The minimum absolute atomic E-state index is 0.559. The van der Waals surface area contributed by atoms with Crippen LogP contribution >= 0.6 is 0 Å². The number of para-hydroxylation sites is 1. The van der Waals surface area contributed by atoms with Gasteiger partial charge in [-0.3, -0.25) is 0 Å². The first-order valence-corrected chi connectivity index (χ1v) is 8.54. The molecule has 0 fully saturated rings. The minimum Gasteiger partial charge on any atom is -0.380 e. The first kappa shape index (κ1) is 16.6. The fraction of sp³-hybridized carbons (Fsp3) is 0.529. The van der Waals surface area contributed by atoms with Crippen molar-refractivity contribution in [3.05, 3.63) is 24.0 Å². The van der Waals surface area contributed by atoms with Crippen LogP contribution in [0.3, 0.4) is 0 Å². The van der Waals surface area contributed by atoms with Crippen molar-refractivity contribution in [1.29, 1.82) is 0 Å². The minimum atomic E-state index is 0.559. The van der Waals surface area contributed by atoms with Crippen LogP contribution in [-0.4, -0.2) is 43.4 Å². The van der Waals surface area contributed by atoms with Crippen LogP contribution in [0.25, 0.3) is 22.4 Å². The monoisotopic (exact) mass is 328 g/mol. The number of rotatable bonds is 8. The molecular weight excluding hydrogens is 304 g/mol. The number of ether oxygens (including phenoxy) is 1. The molecule has 0 radical (unpaired) electrons. The summed E-state index contributed by atoms with van der Waals surface area (Å²) in [5, 5.41) is 15.8. The van der Waals surface area contributed by atoms with Crippen molar-refractivity contribution in [2.75, 3.05) is 13.2 Å². The van der Waals surface area contributed by atoms with E-state index in [0.29, 0.717) is 25.7 Å². The maximum absolute atomic E-state index is 5.49. The number of H-pyrrole nitrogens is 1. The molecule has 128 valence electrons. The van der Waals surface area contributed by atoms with Gasteiger partial charge in [0.05, 0.1) is 13.2 Å². The largest absolute Gasteiger partial charge is 0.380 e. The predicted octanol–water partition coefficient (Wildman–Crippen LogP) is 2.84. The summed E-state index contributed by atoms with van der Waals surface area (Å²) in [5.74, 6) is 2.26. The van der Waals surface area contributed by atoms with E-state index in [1.807, 2.05) is 29.8 Å². The highest BCUT2D eigenvalue weighted by Crippen LogP contribution is 2.25. The highest BCUT2D eigenvalue weighted by Gasteiger charge is 2.17. The Hall–Kier alpha value is -2.28. The fourth-order valence-corrected chi connectivity index (χ4v) is 2.63. The molecule has 0 saturated carbocycles. The maximum Gasteiger partial charge on any atom is 0.160 e. The lowest BCUT2D eigenvalue weighted by Crippen LogP contribution is -2.09. The third kappa shape index (κ3) is 3.46. The third-order valence-electron chi connectivity index (χ3n) is 4.18. The van der Waals surface area contributed by atoms with Gasteiger partial charge in [-0.2, -0.15) is 20.5 Å². The summed E-state index contributed by atoms with van der Waals surface area (Å²) in [5.41, 5.74) is 2.59. The molecule has 1 atom stereocenters. The number of hydrogen-bond donors (Lipinski definition) is 1. The molecule has 1 N–H and O–H groups in total. The first-order chi connectivity index (χ1) is 11.7. The van der Waals surface area contributed by atoms with Gasteiger partial charge in [-0.05, 0) is 25.0 Å². The van der Waals surface area contributed by atoms with E-state index in [1.54, 1.807) is 0 Å². The topological polar surface area (TPSA) is 81.5 Å². The molecule has 1 unspecified atom stereocenters. The Kier molecular flexibility index (Phi) is 5.20. The molecule has 0 amide bonds. The SMILES string of the molecule is CCOCCn1nc(CC(C)CC)nc1-c1cccc2n[nH]nc12. The van der Waals surface area contributed by atoms with Crippen molar-refractivity contribution >= 4 is 11.0 Å². The molecule has 0 aliphatic carbocycles. The zero-order valence-electron chi connectivity index (χ0n) is 14.5. The Balaban J connectivity index is 1.99. The number of nitrogens with one attached hydrogen (secondary N) is 1. The van der Waals surface area contributed by atoms with E-state index < -0.39 is 0 Å². The van der Waals surface area contributed by atoms with Gasteiger partial charge in [0.25, 0.3) is 0 Å². The molecule has 0 aliphatic heterocycles. The molecule has 0 bridgehead atoms. The molecular formula is C17H24N6O. The molecule has 24 heavy (non-hydrogen) atoms. The molecule has 3 aromatic rings. The number of benzene rings is 1. The van der Waals surface area contributed by atoms with Crippen LogP contribution in [0.4, 0.5) is 0 Å². The van der Waals surface area contributed by atoms with Crippen molar-refractivity contribution in [2.45, 2.75) is 40.2 Å². The zero-order chi connectivity index (χ0) is 16.9. The molecule has 0 aliphatic rings. The second-order valence-corrected chi connectivity index (χ2v) is 5.99. The van der Waals surface area contributed by atoms with Crippen molar-refractivity contribution < 1.29 is 4.74 Å². The molecule has 7 nitrogen and oxygen atoms in total. The van der Waals surface area contributed by atoms with Gasteiger partial charge >= 0.3 is 0 Å². The van der Waals surface area contributed by atoms with Gasteiger partial charge in [0, 0.05) is 18.6 Å². The van der Waals surface area contributed by atoms with Gasteiger partial charge in [0.1, 0.15) is 11.0 Å². The van der Waals surface area contributed by atoms with Crippen LogP contribution in [-0.2, 0) is 17.7 Å². The van der Waals surface area contributed by atoms with E-state index in [0.717, 1.165) is 41.1 Å². The molecule has 1 aromatic carbocycles. The van der Waals surface area contributed by atoms with Gasteiger partial charge in [0.2, 0.25) is 0 Å². The van der Waals surface area contributed by atoms with E-state index in [1.165, 1.54) is 0 Å². The summed E-state index contributed by atoms with van der Waals surface area (Å²) < 4.78 is 7.42. The summed E-state index contributed by atoms with van der Waals surface area (Å²) >= 11 is 0. The van der Waals surface area contributed by atoms with E-state index in [2.05, 4.69) is 29.3 Å². The molecule has 0 spiro atoms. The summed E-state index contributed by atoms with van der Waals surface area (Å²) in [6.07, 6.45) is 1.99. The van der Waals surface area contributed by atoms with Gasteiger partial charge in [-0.1, -0.05) is 26.3 Å². The molecule has 7 heteroatoms. The van der Waals surface area contributed by atoms with Crippen molar-refractivity contribution in [3.63, 3.8) is 0 Å². The van der Waals surface area contributed by atoms with Crippen LogP contribution in [0.2, 0.25) is 0 Å². The summed E-state index contributed by atoms with van der Waals surface area (Å²) in [4.78, 5) is 4.79. The average molecular weight is 328 g/mol. The van der Waals surface area contributed by atoms with Crippen LogP contribution in [0.5, 0.6) is 0 Å². The van der Waals surface area contributed by atoms with Crippen LogP contribution in [0, 0.1) is 5.92 Å². The number of aromatic nitrogens is 6. The first-order valence-electron chi connectivity index (χ1n) is 8.54. The Morgan fingerprint density at radius 3 is 2.92 bits per heavy atom. The maximum atomic E-state index is 5.49. The van der Waals surface area contributed by atoms with Crippen molar-refractivity contribution in [1.82, 2.24) is 30.2 Å². The standard InChI is InChI=1S/C17H24N6O/c1-4-12(3)11-15-18-17(23(21-15)9-10-24-5-2)13-7-6-8-14-16(13)20-22-19-14/h6-8,12H,4-5,9-11H2,1-3H3,(H,19,20,22). The lowest BCUT2D eigenvalue weighted by atomic mass is 10.1.